The molecule has 1 fully saturated rings. The number of allylic oxidation sites excluding steroid dienone is 1. The zero-order valence-corrected chi connectivity index (χ0v) is 18.7. The maximum Gasteiger partial charge on any atom is 0.257 e. The van der Waals surface area contributed by atoms with Crippen LogP contribution in [0.3, 0.4) is 0 Å². The van der Waals surface area contributed by atoms with E-state index in [1.54, 1.807) is 29.8 Å². The summed E-state index contributed by atoms with van der Waals surface area (Å²) in [5.74, 6) is 0.368. The minimum atomic E-state index is -1.07. The van der Waals surface area contributed by atoms with Crippen LogP contribution in [0, 0.1) is 5.92 Å². The molecule has 0 bridgehead atoms. The van der Waals surface area contributed by atoms with Gasteiger partial charge >= 0.3 is 0 Å². The number of hydrogen-bond acceptors (Lipinski definition) is 8. The SMILES string of the molecule is CSOOc1ccc(/C(=C\C2CCCC2)C(=O)Nc2nc(C(O)CO)cs2)cc1Cl. The molecule has 1 unspecified atom stereocenters. The zero-order valence-electron chi connectivity index (χ0n) is 16.3. The van der Waals surface area contributed by atoms with Crippen LogP contribution in [-0.2, 0) is 9.13 Å². The van der Waals surface area contributed by atoms with E-state index in [1.165, 1.54) is 11.3 Å². The molecule has 1 saturated carbocycles. The molecule has 1 heterocycles. The average molecular weight is 471 g/mol. The van der Waals surface area contributed by atoms with Crippen molar-refractivity contribution in [2.75, 3.05) is 18.2 Å². The van der Waals surface area contributed by atoms with Crippen molar-refractivity contribution in [2.45, 2.75) is 31.8 Å². The van der Waals surface area contributed by atoms with Gasteiger partial charge in [-0.3, -0.25) is 10.1 Å². The van der Waals surface area contributed by atoms with Crippen molar-refractivity contribution in [3.8, 4) is 5.75 Å². The fraction of sp³-hybridized carbons (Fsp3) is 0.400. The summed E-state index contributed by atoms with van der Waals surface area (Å²) in [6, 6.07) is 5.08. The number of nitrogens with one attached hydrogen (secondary N) is 1. The first kappa shape index (κ1) is 23.1. The van der Waals surface area contributed by atoms with Gasteiger partial charge in [-0.2, -0.15) is 0 Å². The summed E-state index contributed by atoms with van der Waals surface area (Å²) in [5.41, 5.74) is 1.48. The van der Waals surface area contributed by atoms with E-state index in [-0.39, 0.29) is 5.91 Å². The molecule has 1 aliphatic rings. The van der Waals surface area contributed by atoms with Gasteiger partial charge in [0.2, 0.25) is 0 Å². The van der Waals surface area contributed by atoms with E-state index in [1.807, 2.05) is 6.08 Å². The van der Waals surface area contributed by atoms with Gasteiger partial charge in [-0.15, -0.1) is 15.7 Å². The predicted octanol–water partition coefficient (Wildman–Crippen LogP) is 4.62. The Morgan fingerprint density at radius 2 is 2.23 bits per heavy atom. The smallest absolute Gasteiger partial charge is 0.257 e. The molecule has 0 spiro atoms. The van der Waals surface area contributed by atoms with Gasteiger partial charge in [-0.25, -0.2) is 4.98 Å². The van der Waals surface area contributed by atoms with Gasteiger partial charge in [0.15, 0.2) is 10.9 Å². The minimum Gasteiger partial charge on any atom is -0.393 e. The molecular formula is C20H23ClN2O5S2. The van der Waals surface area contributed by atoms with Gasteiger partial charge < -0.3 is 15.1 Å². The molecular weight excluding hydrogens is 448 g/mol. The topological polar surface area (TPSA) is 101 Å². The molecule has 3 N–H and O–H groups in total. The second-order valence-electron chi connectivity index (χ2n) is 6.82. The Morgan fingerprint density at radius 3 is 2.90 bits per heavy atom. The highest BCUT2D eigenvalue weighted by molar-refractivity contribution is 7.93. The highest BCUT2D eigenvalue weighted by atomic mass is 35.5. The van der Waals surface area contributed by atoms with Crippen molar-refractivity contribution in [3.05, 3.63) is 45.9 Å². The molecule has 1 aliphatic carbocycles. The van der Waals surface area contributed by atoms with Crippen LogP contribution in [-0.4, -0.2) is 34.0 Å². The number of nitrogens with zero attached hydrogens (tertiary/aromatic N) is 1. The van der Waals surface area contributed by atoms with E-state index >= 15 is 0 Å². The number of aliphatic hydroxyl groups is 2. The van der Waals surface area contributed by atoms with Crippen LogP contribution < -0.4 is 10.2 Å². The Labute approximate surface area is 188 Å². The summed E-state index contributed by atoms with van der Waals surface area (Å²) in [6.45, 7) is -0.433. The molecule has 3 rings (SSSR count). The number of amides is 1. The van der Waals surface area contributed by atoms with Crippen molar-refractivity contribution in [1.82, 2.24) is 4.98 Å². The molecule has 1 amide bonds. The number of anilines is 1. The van der Waals surface area contributed by atoms with E-state index in [2.05, 4.69) is 10.3 Å². The largest absolute Gasteiger partial charge is 0.393 e. The summed E-state index contributed by atoms with van der Waals surface area (Å²) >= 11 is 8.55. The van der Waals surface area contributed by atoms with E-state index in [0.29, 0.717) is 38.7 Å². The summed E-state index contributed by atoms with van der Waals surface area (Å²) in [7, 11) is 0. The number of thiazole rings is 1. The molecule has 0 radical (unpaired) electrons. The van der Waals surface area contributed by atoms with Crippen LogP contribution in [0.15, 0.2) is 29.7 Å². The van der Waals surface area contributed by atoms with E-state index in [9.17, 15) is 9.90 Å². The lowest BCUT2D eigenvalue weighted by Crippen LogP contribution is -2.15. The van der Waals surface area contributed by atoms with Crippen LogP contribution >= 0.6 is 35.0 Å². The van der Waals surface area contributed by atoms with E-state index < -0.39 is 12.7 Å². The van der Waals surface area contributed by atoms with Crippen molar-refractivity contribution < 1.29 is 24.2 Å². The lowest BCUT2D eigenvalue weighted by Gasteiger charge is -2.12. The minimum absolute atomic E-state index is 0.314. The lowest BCUT2D eigenvalue weighted by molar-refractivity contribution is -0.111. The van der Waals surface area contributed by atoms with Crippen LogP contribution in [0.25, 0.3) is 5.57 Å². The molecule has 1 aromatic heterocycles. The third-order valence-corrected chi connectivity index (χ3v) is 6.01. The summed E-state index contributed by atoms with van der Waals surface area (Å²) in [4.78, 5) is 22.4. The zero-order chi connectivity index (χ0) is 21.5. The Hall–Kier alpha value is -1.62. The van der Waals surface area contributed by atoms with Crippen molar-refractivity contribution in [1.29, 1.82) is 0 Å². The van der Waals surface area contributed by atoms with Crippen LogP contribution in [0.5, 0.6) is 5.75 Å². The van der Waals surface area contributed by atoms with Crippen LogP contribution in [0.1, 0.15) is 43.0 Å². The fourth-order valence-corrected chi connectivity index (χ4v) is 4.33. The molecule has 0 saturated heterocycles. The molecule has 1 atom stereocenters. The highest BCUT2D eigenvalue weighted by Crippen LogP contribution is 2.33. The molecule has 0 aliphatic heterocycles. The lowest BCUT2D eigenvalue weighted by atomic mass is 9.98. The second-order valence-corrected chi connectivity index (χ2v) is 8.55. The highest BCUT2D eigenvalue weighted by Gasteiger charge is 2.21. The van der Waals surface area contributed by atoms with Crippen LogP contribution in [0.4, 0.5) is 5.13 Å². The second kappa shape index (κ2) is 11.1. The monoisotopic (exact) mass is 470 g/mol. The number of rotatable bonds is 9. The molecule has 30 heavy (non-hydrogen) atoms. The van der Waals surface area contributed by atoms with Crippen molar-refractivity contribution >= 4 is 51.6 Å². The molecule has 1 aromatic carbocycles. The summed E-state index contributed by atoms with van der Waals surface area (Å²) in [5, 5.41) is 23.8. The maximum absolute atomic E-state index is 13.1. The predicted molar refractivity (Wildman–Crippen MR) is 119 cm³/mol. The maximum atomic E-state index is 13.1. The first-order valence-corrected chi connectivity index (χ1v) is 11.9. The molecule has 2 aromatic rings. The van der Waals surface area contributed by atoms with Gasteiger partial charge in [-0.05, 0) is 36.5 Å². The van der Waals surface area contributed by atoms with Gasteiger partial charge in [0.05, 0.1) is 17.3 Å². The van der Waals surface area contributed by atoms with Gasteiger partial charge in [0.25, 0.3) is 5.91 Å². The number of benzene rings is 1. The first-order valence-electron chi connectivity index (χ1n) is 9.46. The fourth-order valence-electron chi connectivity index (χ4n) is 3.22. The third-order valence-electron chi connectivity index (χ3n) is 4.74. The van der Waals surface area contributed by atoms with Crippen LogP contribution in [0.2, 0.25) is 5.02 Å². The van der Waals surface area contributed by atoms with Gasteiger partial charge in [0, 0.05) is 29.3 Å². The normalized spacial score (nSPS) is 15.9. The molecule has 7 nitrogen and oxygen atoms in total. The summed E-state index contributed by atoms with van der Waals surface area (Å²) in [6.07, 6.45) is 7.00. The van der Waals surface area contributed by atoms with Crippen molar-refractivity contribution in [2.24, 2.45) is 5.92 Å². The van der Waals surface area contributed by atoms with E-state index in [0.717, 1.165) is 37.7 Å². The van der Waals surface area contributed by atoms with Gasteiger partial charge in [0.1, 0.15) is 6.10 Å². The number of aliphatic hydroxyl groups excluding tert-OH is 2. The number of carbonyl (C=O) groups excluding carboxylic acids is 1. The Kier molecular flexibility index (Phi) is 8.55. The average Bonchev–Trinajstić information content (AvgIpc) is 3.42. The van der Waals surface area contributed by atoms with Gasteiger partial charge in [-0.1, -0.05) is 36.6 Å². The van der Waals surface area contributed by atoms with Crippen molar-refractivity contribution in [3.63, 3.8) is 0 Å². The number of aromatic nitrogens is 1. The molecule has 162 valence electrons. The standard InChI is InChI=1S/C20H23ClN2O5S2/c1-29-28-27-18-7-6-13(9-15(18)21)14(8-12-4-2-3-5-12)19(26)23-20-22-16(11-30-20)17(25)10-24/h6-9,11-12,17,24-25H,2-5,10H2,1H3,(H,22,23,26)/b14-8+. The Morgan fingerprint density at radius 1 is 1.47 bits per heavy atom. The number of hydrogen-bond donors (Lipinski definition) is 3. The van der Waals surface area contributed by atoms with E-state index in [4.69, 9.17) is 25.9 Å². The summed E-state index contributed by atoms with van der Waals surface area (Å²) < 4.78 is 4.86. The number of halogens is 1. The quantitative estimate of drug-likeness (QED) is 0.213. The Balaban J connectivity index is 1.84. The Bertz CT molecular complexity index is 899. The number of carbonyl (C=O) groups is 1. The molecule has 10 heteroatoms. The first-order chi connectivity index (χ1) is 14.5. The third kappa shape index (κ3) is 5.96.